The second-order valence-electron chi connectivity index (χ2n) is 9.60. The maximum Gasteiger partial charge on any atom is 0.142 e. The first-order valence-electron chi connectivity index (χ1n) is 12.4. The molecule has 0 saturated heterocycles. The summed E-state index contributed by atoms with van der Waals surface area (Å²) in [4.78, 5) is 0. The summed E-state index contributed by atoms with van der Waals surface area (Å²) in [7, 11) is 0. The lowest BCUT2D eigenvalue weighted by atomic mass is 9.75. The third-order valence-corrected chi connectivity index (χ3v) is 8.07. The van der Waals surface area contributed by atoms with E-state index in [0.717, 1.165) is 54.5 Å². The van der Waals surface area contributed by atoms with Crippen molar-refractivity contribution < 1.29 is 5.11 Å². The molecule has 6 aromatic carbocycles. The minimum Gasteiger partial charge on any atom is -0.376 e. The Kier molecular flexibility index (Phi) is 5.14. The van der Waals surface area contributed by atoms with Crippen LogP contribution < -0.4 is 0 Å². The molecule has 1 unspecified atom stereocenters. The highest BCUT2D eigenvalue weighted by Gasteiger charge is 2.42. The van der Waals surface area contributed by atoms with Gasteiger partial charge in [-0.05, 0) is 62.4 Å². The summed E-state index contributed by atoms with van der Waals surface area (Å²) in [5.41, 5.74) is 7.66. The molecule has 0 amide bonds. The number of fused-ring (bicyclic) bond motifs is 6. The van der Waals surface area contributed by atoms with Gasteiger partial charge < -0.3 is 5.11 Å². The van der Waals surface area contributed by atoms with Gasteiger partial charge in [-0.2, -0.15) is 0 Å². The van der Waals surface area contributed by atoms with E-state index in [-0.39, 0.29) is 0 Å². The van der Waals surface area contributed by atoms with Crippen LogP contribution in [0.3, 0.4) is 0 Å². The maximum absolute atomic E-state index is 13.2. The van der Waals surface area contributed by atoms with Gasteiger partial charge in [0.05, 0.1) is 0 Å². The van der Waals surface area contributed by atoms with Gasteiger partial charge in [-0.15, -0.1) is 0 Å². The molecule has 0 spiro atoms. The molecule has 6 aromatic rings. The highest BCUT2D eigenvalue weighted by atomic mass is 79.9. The van der Waals surface area contributed by atoms with Gasteiger partial charge in [0.25, 0.3) is 0 Å². The topological polar surface area (TPSA) is 20.2 Å². The minimum absolute atomic E-state index is 0.866. The van der Waals surface area contributed by atoms with E-state index in [4.69, 9.17) is 0 Å². The van der Waals surface area contributed by atoms with Crippen molar-refractivity contribution in [2.75, 3.05) is 0 Å². The van der Waals surface area contributed by atoms with Crippen LogP contribution in [0.2, 0.25) is 0 Å². The van der Waals surface area contributed by atoms with Crippen LogP contribution in [0.5, 0.6) is 0 Å². The third kappa shape index (κ3) is 3.41. The first-order valence-corrected chi connectivity index (χ1v) is 13.2. The van der Waals surface area contributed by atoms with E-state index in [1.807, 2.05) is 12.1 Å². The van der Waals surface area contributed by atoms with Crippen molar-refractivity contribution >= 4 is 26.7 Å². The van der Waals surface area contributed by atoms with E-state index in [2.05, 4.69) is 137 Å². The number of hydrogen-bond acceptors (Lipinski definition) is 1. The lowest BCUT2D eigenvalue weighted by Gasteiger charge is -2.33. The van der Waals surface area contributed by atoms with Crippen molar-refractivity contribution in [2.24, 2.45) is 0 Å². The Hall–Kier alpha value is -3.98. The first-order chi connectivity index (χ1) is 18.1. The number of halogens is 1. The van der Waals surface area contributed by atoms with Crippen molar-refractivity contribution in [2.45, 2.75) is 5.60 Å². The summed E-state index contributed by atoms with van der Waals surface area (Å²) in [5.74, 6) is 0. The van der Waals surface area contributed by atoms with Crippen LogP contribution in [-0.4, -0.2) is 5.11 Å². The van der Waals surface area contributed by atoms with Crippen LogP contribution >= 0.6 is 15.9 Å². The number of aliphatic hydroxyl groups is 1. The van der Waals surface area contributed by atoms with Gasteiger partial charge in [-0.25, -0.2) is 0 Å². The predicted molar refractivity (Wildman–Crippen MR) is 156 cm³/mol. The molecule has 176 valence electrons. The average molecular weight is 539 g/mol. The second-order valence-corrected chi connectivity index (χ2v) is 10.5. The fourth-order valence-corrected chi connectivity index (χ4v) is 6.24. The lowest BCUT2D eigenvalue weighted by molar-refractivity contribution is 0.127. The van der Waals surface area contributed by atoms with Crippen LogP contribution in [0.25, 0.3) is 44.2 Å². The molecule has 1 aliphatic carbocycles. The molecule has 0 radical (unpaired) electrons. The third-order valence-electron chi connectivity index (χ3n) is 7.57. The zero-order valence-electron chi connectivity index (χ0n) is 20.0. The normalized spacial score (nSPS) is 15.9. The molecular formula is C35H23BrO. The predicted octanol–water partition coefficient (Wildman–Crippen LogP) is 9.20. The van der Waals surface area contributed by atoms with E-state index in [9.17, 15) is 5.11 Å². The first kappa shape index (κ1) is 22.2. The lowest BCUT2D eigenvalue weighted by Crippen LogP contribution is -2.30. The van der Waals surface area contributed by atoms with Crippen LogP contribution in [0.4, 0.5) is 0 Å². The number of benzene rings is 6. The minimum atomic E-state index is -1.38. The fraction of sp³-hybridized carbons (Fsp3) is 0.0286. The molecule has 1 aliphatic rings. The molecule has 1 N–H and O–H groups in total. The summed E-state index contributed by atoms with van der Waals surface area (Å²) >= 11 is 3.70. The van der Waals surface area contributed by atoms with Crippen molar-refractivity contribution in [1.29, 1.82) is 0 Å². The molecule has 0 saturated carbocycles. The Morgan fingerprint density at radius 1 is 0.432 bits per heavy atom. The molecule has 0 bridgehead atoms. The number of hydrogen-bond donors (Lipinski definition) is 1. The average Bonchev–Trinajstić information content (AvgIpc) is 3.05. The smallest absolute Gasteiger partial charge is 0.142 e. The molecular weight excluding hydrogens is 516 g/mol. The van der Waals surface area contributed by atoms with Gasteiger partial charge in [-0.3, -0.25) is 0 Å². The van der Waals surface area contributed by atoms with Gasteiger partial charge in [-0.1, -0.05) is 131 Å². The molecule has 1 atom stereocenters. The molecule has 2 heteroatoms. The van der Waals surface area contributed by atoms with Crippen LogP contribution in [0, 0.1) is 0 Å². The Bertz CT molecular complexity index is 1820. The van der Waals surface area contributed by atoms with Crippen molar-refractivity contribution in [3.63, 3.8) is 0 Å². The van der Waals surface area contributed by atoms with Gasteiger partial charge >= 0.3 is 0 Å². The van der Waals surface area contributed by atoms with Crippen LogP contribution in [0.1, 0.15) is 16.7 Å². The summed E-state index contributed by atoms with van der Waals surface area (Å²) < 4.78 is 0.935. The Balaban J connectivity index is 1.59. The van der Waals surface area contributed by atoms with E-state index in [1.165, 1.54) is 10.8 Å². The van der Waals surface area contributed by atoms with Crippen LogP contribution in [-0.2, 0) is 5.60 Å². The standard InChI is InChI=1S/C35H23BrO/c36-26-19-20-31-29-13-4-3-12-28(29)30-14-6-8-16-33(30)35(37,34(31)22-26)32-15-7-5-11-27(32)25-18-17-23-9-1-2-10-24(23)21-25/h1-22,37H. The summed E-state index contributed by atoms with van der Waals surface area (Å²) in [5, 5.41) is 15.5. The van der Waals surface area contributed by atoms with Gasteiger partial charge in [0.1, 0.15) is 5.60 Å². The molecule has 1 nitrogen and oxygen atoms in total. The van der Waals surface area contributed by atoms with E-state index < -0.39 is 5.60 Å². The highest BCUT2D eigenvalue weighted by Crippen LogP contribution is 2.52. The van der Waals surface area contributed by atoms with Crippen LogP contribution in [0.15, 0.2) is 138 Å². The second kappa shape index (κ2) is 8.55. The highest BCUT2D eigenvalue weighted by molar-refractivity contribution is 9.10. The molecule has 0 aliphatic heterocycles. The van der Waals surface area contributed by atoms with E-state index in [0.29, 0.717) is 0 Å². The molecule has 0 heterocycles. The van der Waals surface area contributed by atoms with Gasteiger partial charge in [0.2, 0.25) is 0 Å². The van der Waals surface area contributed by atoms with Gasteiger partial charge in [0.15, 0.2) is 0 Å². The largest absolute Gasteiger partial charge is 0.376 e. The molecule has 0 fully saturated rings. The fourth-order valence-electron chi connectivity index (χ4n) is 5.88. The maximum atomic E-state index is 13.2. The SMILES string of the molecule is OC1(c2ccccc2-c2ccc3ccccc3c2)c2ccccc2-c2ccccc2-c2ccc(Br)cc21. The summed E-state index contributed by atoms with van der Waals surface area (Å²) in [6.07, 6.45) is 0. The quantitative estimate of drug-likeness (QED) is 0.233. The molecule has 37 heavy (non-hydrogen) atoms. The zero-order chi connectivity index (χ0) is 25.0. The Morgan fingerprint density at radius 2 is 0.973 bits per heavy atom. The molecule has 0 aromatic heterocycles. The van der Waals surface area contributed by atoms with E-state index >= 15 is 0 Å². The zero-order valence-corrected chi connectivity index (χ0v) is 21.6. The summed E-state index contributed by atoms with van der Waals surface area (Å²) in [6.45, 7) is 0. The van der Waals surface area contributed by atoms with Gasteiger partial charge in [0, 0.05) is 21.2 Å². The Labute approximate surface area is 224 Å². The van der Waals surface area contributed by atoms with Crippen molar-refractivity contribution in [3.8, 4) is 33.4 Å². The van der Waals surface area contributed by atoms with Crippen molar-refractivity contribution in [3.05, 3.63) is 155 Å². The molecule has 7 rings (SSSR count). The van der Waals surface area contributed by atoms with E-state index in [1.54, 1.807) is 0 Å². The Morgan fingerprint density at radius 3 is 1.70 bits per heavy atom. The number of rotatable bonds is 2. The monoisotopic (exact) mass is 538 g/mol. The van der Waals surface area contributed by atoms with Crippen molar-refractivity contribution in [1.82, 2.24) is 0 Å². The summed E-state index contributed by atoms with van der Waals surface area (Å²) in [6, 6.07) is 46.2.